The van der Waals surface area contributed by atoms with E-state index in [9.17, 15) is 9.59 Å². The minimum atomic E-state index is -0.499. The van der Waals surface area contributed by atoms with Crippen LogP contribution in [0.4, 0.5) is 5.00 Å². The summed E-state index contributed by atoms with van der Waals surface area (Å²) in [4.78, 5) is 24.9. The number of rotatable bonds is 7. The third kappa shape index (κ3) is 4.76. The molecule has 0 saturated carbocycles. The monoisotopic (exact) mass is 339 g/mol. The Labute approximate surface area is 140 Å². The summed E-state index contributed by atoms with van der Waals surface area (Å²) in [6, 6.07) is 0.265. The van der Waals surface area contributed by atoms with Crippen molar-refractivity contribution in [3.63, 3.8) is 0 Å². The van der Waals surface area contributed by atoms with Gasteiger partial charge in [0.2, 0.25) is 5.91 Å². The van der Waals surface area contributed by atoms with E-state index in [2.05, 4.69) is 31.4 Å². The molecular weight excluding hydrogens is 314 g/mol. The third-order valence-corrected chi connectivity index (χ3v) is 4.88. The molecule has 0 aromatic carbocycles. The van der Waals surface area contributed by atoms with Crippen molar-refractivity contribution < 1.29 is 14.3 Å². The highest BCUT2D eigenvalue weighted by Crippen LogP contribution is 2.36. The molecule has 0 spiro atoms. The van der Waals surface area contributed by atoms with Crippen LogP contribution in [0.15, 0.2) is 0 Å². The number of anilines is 1. The lowest BCUT2D eigenvalue weighted by Gasteiger charge is -2.15. The molecule has 0 aliphatic carbocycles. The number of thiophene rings is 1. The van der Waals surface area contributed by atoms with Gasteiger partial charge in [0.05, 0.1) is 25.3 Å². The van der Waals surface area contributed by atoms with E-state index in [4.69, 9.17) is 10.5 Å². The molecule has 23 heavy (non-hydrogen) atoms. The van der Waals surface area contributed by atoms with E-state index in [0.29, 0.717) is 36.1 Å². The molecule has 0 radical (unpaired) electrons. The summed E-state index contributed by atoms with van der Waals surface area (Å²) < 4.78 is 5.40. The predicted molar refractivity (Wildman–Crippen MR) is 91.7 cm³/mol. The summed E-state index contributed by atoms with van der Waals surface area (Å²) >= 11 is 1.38. The third-order valence-electron chi connectivity index (χ3n) is 3.76. The standard InChI is InChI=1S/C16H25N3O3S/c1-9(2)6-10(3)18-7-13(20)19-16-14(15(17)21)11-4-5-22-8-12(11)23-16/h9-10,18H,4-8H2,1-3H3,(H2,17,21)(H,19,20). The Morgan fingerprint density at radius 2 is 2.09 bits per heavy atom. The summed E-state index contributed by atoms with van der Waals surface area (Å²) in [6.07, 6.45) is 1.66. The van der Waals surface area contributed by atoms with Crippen molar-refractivity contribution >= 4 is 28.2 Å². The largest absolute Gasteiger partial charge is 0.376 e. The van der Waals surface area contributed by atoms with Gasteiger partial charge >= 0.3 is 0 Å². The fourth-order valence-electron chi connectivity index (χ4n) is 2.81. The molecule has 6 nitrogen and oxygen atoms in total. The lowest BCUT2D eigenvalue weighted by Crippen LogP contribution is -2.35. The molecule has 0 saturated heterocycles. The number of fused-ring (bicyclic) bond motifs is 1. The molecule has 1 atom stereocenters. The molecular formula is C16H25N3O3S. The van der Waals surface area contributed by atoms with Gasteiger partial charge in [-0.05, 0) is 31.2 Å². The first kappa shape index (κ1) is 17.9. The highest BCUT2D eigenvalue weighted by atomic mass is 32.1. The SMILES string of the molecule is CC(C)CC(C)NCC(=O)Nc1sc2c(c1C(N)=O)CCOC2. The molecule has 0 bridgehead atoms. The molecule has 128 valence electrons. The second kappa shape index (κ2) is 7.90. The first-order valence-corrected chi connectivity index (χ1v) is 8.75. The van der Waals surface area contributed by atoms with E-state index in [1.807, 2.05) is 0 Å². The van der Waals surface area contributed by atoms with Crippen LogP contribution in [0, 0.1) is 5.92 Å². The minimum absolute atomic E-state index is 0.164. The number of nitrogens with one attached hydrogen (secondary N) is 2. The first-order valence-electron chi connectivity index (χ1n) is 7.93. The van der Waals surface area contributed by atoms with Gasteiger partial charge in [-0.3, -0.25) is 9.59 Å². The number of hydrogen-bond acceptors (Lipinski definition) is 5. The van der Waals surface area contributed by atoms with Gasteiger partial charge in [-0.1, -0.05) is 13.8 Å². The second-order valence-electron chi connectivity index (χ2n) is 6.33. The van der Waals surface area contributed by atoms with Gasteiger partial charge in [-0.2, -0.15) is 0 Å². The number of carbonyl (C=O) groups excluding carboxylic acids is 2. The van der Waals surface area contributed by atoms with Gasteiger partial charge in [-0.25, -0.2) is 0 Å². The maximum Gasteiger partial charge on any atom is 0.251 e. The molecule has 1 aliphatic heterocycles. The number of primary amides is 1. The molecule has 2 amide bonds. The fraction of sp³-hybridized carbons (Fsp3) is 0.625. The summed E-state index contributed by atoms with van der Waals surface area (Å²) in [7, 11) is 0. The fourth-order valence-corrected chi connectivity index (χ4v) is 4.02. The van der Waals surface area contributed by atoms with Crippen molar-refractivity contribution in [3.8, 4) is 0 Å². The van der Waals surface area contributed by atoms with Gasteiger partial charge in [0.15, 0.2) is 0 Å². The van der Waals surface area contributed by atoms with Gasteiger partial charge in [0.1, 0.15) is 5.00 Å². The van der Waals surface area contributed by atoms with Gasteiger partial charge in [-0.15, -0.1) is 11.3 Å². The van der Waals surface area contributed by atoms with E-state index >= 15 is 0 Å². The van der Waals surface area contributed by atoms with Gasteiger partial charge in [0.25, 0.3) is 5.91 Å². The maximum absolute atomic E-state index is 12.1. The molecule has 1 aromatic rings. The number of ether oxygens (including phenoxy) is 1. The quantitative estimate of drug-likeness (QED) is 0.707. The zero-order chi connectivity index (χ0) is 17.0. The van der Waals surface area contributed by atoms with Crippen molar-refractivity contribution in [2.75, 3.05) is 18.5 Å². The molecule has 1 aromatic heterocycles. The maximum atomic E-state index is 12.1. The van der Waals surface area contributed by atoms with Crippen LogP contribution in [-0.4, -0.2) is 31.0 Å². The Morgan fingerprint density at radius 3 is 2.74 bits per heavy atom. The van der Waals surface area contributed by atoms with Crippen LogP contribution >= 0.6 is 11.3 Å². The highest BCUT2D eigenvalue weighted by molar-refractivity contribution is 7.17. The average Bonchev–Trinajstić information content (AvgIpc) is 2.82. The highest BCUT2D eigenvalue weighted by Gasteiger charge is 2.25. The van der Waals surface area contributed by atoms with Crippen molar-refractivity contribution in [1.29, 1.82) is 0 Å². The number of amides is 2. The van der Waals surface area contributed by atoms with Crippen LogP contribution in [0.2, 0.25) is 0 Å². The van der Waals surface area contributed by atoms with Crippen LogP contribution in [0.3, 0.4) is 0 Å². The number of carbonyl (C=O) groups is 2. The van der Waals surface area contributed by atoms with Crippen LogP contribution in [0.1, 0.15) is 48.0 Å². The number of nitrogens with two attached hydrogens (primary N) is 1. The predicted octanol–water partition coefficient (Wildman–Crippen LogP) is 1.88. The van der Waals surface area contributed by atoms with E-state index in [-0.39, 0.29) is 18.5 Å². The molecule has 4 N–H and O–H groups in total. The van der Waals surface area contributed by atoms with Crippen molar-refractivity contribution in [2.24, 2.45) is 11.7 Å². The smallest absolute Gasteiger partial charge is 0.251 e. The second-order valence-corrected chi connectivity index (χ2v) is 7.44. The van der Waals surface area contributed by atoms with Crippen LogP contribution < -0.4 is 16.4 Å². The lowest BCUT2D eigenvalue weighted by atomic mass is 10.1. The topological polar surface area (TPSA) is 93.5 Å². The summed E-state index contributed by atoms with van der Waals surface area (Å²) in [5.41, 5.74) is 6.86. The Balaban J connectivity index is 2.01. The van der Waals surface area contributed by atoms with E-state index in [1.165, 1.54) is 11.3 Å². The molecule has 0 fully saturated rings. The average molecular weight is 339 g/mol. The van der Waals surface area contributed by atoms with Crippen LogP contribution in [-0.2, 0) is 22.6 Å². The molecule has 2 rings (SSSR count). The molecule has 2 heterocycles. The van der Waals surface area contributed by atoms with E-state index < -0.39 is 5.91 Å². The van der Waals surface area contributed by atoms with Gasteiger partial charge < -0.3 is 21.1 Å². The van der Waals surface area contributed by atoms with E-state index in [1.54, 1.807) is 0 Å². The first-order chi connectivity index (χ1) is 10.9. The Kier molecular flexibility index (Phi) is 6.15. The lowest BCUT2D eigenvalue weighted by molar-refractivity contribution is -0.115. The minimum Gasteiger partial charge on any atom is -0.376 e. The zero-order valence-corrected chi connectivity index (χ0v) is 14.7. The molecule has 1 unspecified atom stereocenters. The van der Waals surface area contributed by atoms with Gasteiger partial charge in [0, 0.05) is 10.9 Å². The molecule has 1 aliphatic rings. The van der Waals surface area contributed by atoms with Crippen molar-refractivity contribution in [3.05, 3.63) is 16.0 Å². The summed E-state index contributed by atoms with van der Waals surface area (Å²) in [5, 5.41) is 6.55. The van der Waals surface area contributed by atoms with Crippen molar-refractivity contribution in [1.82, 2.24) is 5.32 Å². The Bertz CT molecular complexity index is 583. The normalized spacial score (nSPS) is 15.3. The number of hydrogen-bond donors (Lipinski definition) is 3. The Morgan fingerprint density at radius 1 is 1.35 bits per heavy atom. The van der Waals surface area contributed by atoms with Crippen molar-refractivity contribution in [2.45, 2.75) is 46.3 Å². The summed E-state index contributed by atoms with van der Waals surface area (Å²) in [5.74, 6) is -0.0884. The zero-order valence-electron chi connectivity index (χ0n) is 13.9. The summed E-state index contributed by atoms with van der Waals surface area (Å²) in [6.45, 7) is 7.62. The molecule has 7 heteroatoms. The van der Waals surface area contributed by atoms with E-state index in [0.717, 1.165) is 16.9 Å². The van der Waals surface area contributed by atoms with Crippen LogP contribution in [0.25, 0.3) is 0 Å². The van der Waals surface area contributed by atoms with Crippen LogP contribution in [0.5, 0.6) is 0 Å². The Hall–Kier alpha value is -1.44.